The van der Waals surface area contributed by atoms with E-state index in [4.69, 9.17) is 12.2 Å². The fourth-order valence-corrected chi connectivity index (χ4v) is 3.12. The lowest BCUT2D eigenvalue weighted by atomic mass is 9.84. The lowest BCUT2D eigenvalue weighted by Crippen LogP contribution is -2.59. The molecule has 0 aromatic heterocycles. The lowest BCUT2D eigenvalue weighted by molar-refractivity contribution is -0.119. The Balaban J connectivity index is 1.72. The molecule has 0 aliphatic carbocycles. The van der Waals surface area contributed by atoms with Gasteiger partial charge < -0.3 is 15.5 Å². The normalized spacial score (nSPS) is 29.9. The number of nitrogens with one attached hydrogen (secondary N) is 2. The molecular formula is C13H23N3OS. The third-order valence-electron chi connectivity index (χ3n) is 3.98. The van der Waals surface area contributed by atoms with E-state index >= 15 is 0 Å². The van der Waals surface area contributed by atoms with Crippen molar-refractivity contribution in [2.24, 2.45) is 5.92 Å². The van der Waals surface area contributed by atoms with E-state index in [0.29, 0.717) is 17.6 Å². The molecule has 3 saturated heterocycles. The molecule has 0 aromatic rings. The number of carbonyl (C=O) groups excluding carboxylic acids is 1. The van der Waals surface area contributed by atoms with Crippen LogP contribution in [-0.2, 0) is 4.79 Å². The smallest absolute Gasteiger partial charge is 0.226 e. The summed E-state index contributed by atoms with van der Waals surface area (Å²) in [5.74, 6) is 0.760. The zero-order valence-electron chi connectivity index (χ0n) is 11.1. The lowest BCUT2D eigenvalue weighted by Gasteiger charge is -2.45. The van der Waals surface area contributed by atoms with Crippen LogP contribution in [-0.4, -0.2) is 41.6 Å². The minimum absolute atomic E-state index is 0.0376. The van der Waals surface area contributed by atoms with Gasteiger partial charge in [-0.05, 0) is 50.5 Å². The second-order valence-corrected chi connectivity index (χ2v) is 5.78. The van der Waals surface area contributed by atoms with E-state index in [0.717, 1.165) is 25.3 Å². The van der Waals surface area contributed by atoms with E-state index in [9.17, 15) is 4.79 Å². The first-order chi connectivity index (χ1) is 8.69. The van der Waals surface area contributed by atoms with Crippen LogP contribution in [0, 0.1) is 5.92 Å². The average Bonchev–Trinajstić information content (AvgIpc) is 2.37. The van der Waals surface area contributed by atoms with E-state index in [-0.39, 0.29) is 5.91 Å². The molecule has 3 aliphatic heterocycles. The largest absolute Gasteiger partial charge is 0.358 e. The standard InChI is InChI=1S/C13H23N3OS/c1-2-3-4-12(17)15-13(18)14-11-9-16-7-5-10(11)6-8-16/h10-11H,2-9H2,1H3,(H2,14,15,17,18). The van der Waals surface area contributed by atoms with Crippen molar-refractivity contribution in [3.8, 4) is 0 Å². The van der Waals surface area contributed by atoms with Crippen molar-refractivity contribution in [3.63, 3.8) is 0 Å². The van der Waals surface area contributed by atoms with Gasteiger partial charge in [0.1, 0.15) is 0 Å². The van der Waals surface area contributed by atoms with Crippen molar-refractivity contribution in [2.75, 3.05) is 19.6 Å². The molecule has 0 aromatic carbocycles. The summed E-state index contributed by atoms with van der Waals surface area (Å²) in [5.41, 5.74) is 0. The van der Waals surface area contributed by atoms with Gasteiger partial charge in [-0.1, -0.05) is 13.3 Å². The number of amides is 1. The quantitative estimate of drug-likeness (QED) is 0.754. The van der Waals surface area contributed by atoms with Gasteiger partial charge in [0.15, 0.2) is 5.11 Å². The summed E-state index contributed by atoms with van der Waals surface area (Å²) >= 11 is 5.22. The minimum Gasteiger partial charge on any atom is -0.358 e. The second kappa shape index (κ2) is 6.48. The molecular weight excluding hydrogens is 246 g/mol. The molecule has 3 fully saturated rings. The molecule has 2 bridgehead atoms. The number of unbranched alkanes of at least 4 members (excludes halogenated alkanes) is 1. The number of hydrogen-bond donors (Lipinski definition) is 2. The van der Waals surface area contributed by atoms with Gasteiger partial charge in [-0.25, -0.2) is 0 Å². The van der Waals surface area contributed by atoms with E-state index in [2.05, 4.69) is 22.5 Å². The van der Waals surface area contributed by atoms with Gasteiger partial charge in [0.25, 0.3) is 0 Å². The summed E-state index contributed by atoms with van der Waals surface area (Å²) < 4.78 is 0. The Kier molecular flexibility index (Phi) is 4.95. The highest BCUT2D eigenvalue weighted by atomic mass is 32.1. The number of piperidine rings is 3. The van der Waals surface area contributed by atoms with Crippen LogP contribution in [0.3, 0.4) is 0 Å². The molecule has 1 amide bonds. The molecule has 2 N–H and O–H groups in total. The molecule has 1 unspecified atom stereocenters. The molecule has 102 valence electrons. The summed E-state index contributed by atoms with van der Waals surface area (Å²) in [6, 6.07) is 0.423. The fourth-order valence-electron chi connectivity index (χ4n) is 2.86. The Morgan fingerprint density at radius 2 is 2.11 bits per heavy atom. The SMILES string of the molecule is CCCCC(=O)NC(=S)NC1CN2CCC1CC2. The summed E-state index contributed by atoms with van der Waals surface area (Å²) in [6.07, 6.45) is 5.04. The Morgan fingerprint density at radius 3 is 2.67 bits per heavy atom. The third kappa shape index (κ3) is 3.65. The van der Waals surface area contributed by atoms with Crippen LogP contribution in [0.2, 0.25) is 0 Å². The highest BCUT2D eigenvalue weighted by Gasteiger charge is 2.34. The zero-order chi connectivity index (χ0) is 13.0. The van der Waals surface area contributed by atoms with Crippen LogP contribution in [0.25, 0.3) is 0 Å². The maximum Gasteiger partial charge on any atom is 0.226 e. The maximum absolute atomic E-state index is 11.6. The third-order valence-corrected chi connectivity index (χ3v) is 4.20. The van der Waals surface area contributed by atoms with Crippen molar-refractivity contribution in [2.45, 2.75) is 45.1 Å². The van der Waals surface area contributed by atoms with E-state index in [1.165, 1.54) is 25.9 Å². The maximum atomic E-state index is 11.6. The first kappa shape index (κ1) is 13.7. The van der Waals surface area contributed by atoms with Crippen LogP contribution < -0.4 is 10.6 Å². The molecule has 0 saturated carbocycles. The summed E-state index contributed by atoms with van der Waals surface area (Å²) in [7, 11) is 0. The summed E-state index contributed by atoms with van der Waals surface area (Å²) in [6.45, 7) is 5.59. The number of carbonyl (C=O) groups is 1. The van der Waals surface area contributed by atoms with Gasteiger partial charge in [-0.2, -0.15) is 0 Å². The first-order valence-electron chi connectivity index (χ1n) is 7.01. The Morgan fingerprint density at radius 1 is 1.39 bits per heavy atom. The van der Waals surface area contributed by atoms with Gasteiger partial charge >= 0.3 is 0 Å². The predicted molar refractivity (Wildman–Crippen MR) is 76.4 cm³/mol. The molecule has 3 heterocycles. The first-order valence-corrected chi connectivity index (χ1v) is 7.42. The molecule has 18 heavy (non-hydrogen) atoms. The molecule has 3 aliphatic rings. The van der Waals surface area contributed by atoms with Crippen LogP contribution in [0.15, 0.2) is 0 Å². The van der Waals surface area contributed by atoms with E-state index in [1.54, 1.807) is 0 Å². The van der Waals surface area contributed by atoms with Crippen molar-refractivity contribution < 1.29 is 4.79 Å². The molecule has 3 rings (SSSR count). The Hall–Kier alpha value is -0.680. The minimum atomic E-state index is 0.0376. The highest BCUT2D eigenvalue weighted by molar-refractivity contribution is 7.80. The molecule has 1 atom stereocenters. The predicted octanol–water partition coefficient (Wildman–Crippen LogP) is 1.26. The average molecular weight is 269 g/mol. The van der Waals surface area contributed by atoms with E-state index < -0.39 is 0 Å². The van der Waals surface area contributed by atoms with Gasteiger partial charge in [0, 0.05) is 19.0 Å². The molecule has 5 heteroatoms. The summed E-state index contributed by atoms with van der Waals surface area (Å²) in [5, 5.41) is 6.61. The van der Waals surface area contributed by atoms with Crippen molar-refractivity contribution in [1.29, 1.82) is 0 Å². The van der Waals surface area contributed by atoms with Crippen molar-refractivity contribution in [3.05, 3.63) is 0 Å². The van der Waals surface area contributed by atoms with Gasteiger partial charge in [-0.15, -0.1) is 0 Å². The van der Waals surface area contributed by atoms with Crippen LogP contribution in [0.1, 0.15) is 39.0 Å². The van der Waals surface area contributed by atoms with Gasteiger partial charge in [0.05, 0.1) is 0 Å². The number of fused-ring (bicyclic) bond motifs is 3. The molecule has 4 nitrogen and oxygen atoms in total. The van der Waals surface area contributed by atoms with Crippen molar-refractivity contribution >= 4 is 23.2 Å². The fraction of sp³-hybridized carbons (Fsp3) is 0.846. The summed E-state index contributed by atoms with van der Waals surface area (Å²) in [4.78, 5) is 14.0. The van der Waals surface area contributed by atoms with E-state index in [1.807, 2.05) is 0 Å². The highest BCUT2D eigenvalue weighted by Crippen LogP contribution is 2.27. The Bertz CT molecular complexity index is 313. The molecule has 0 spiro atoms. The number of hydrogen-bond acceptors (Lipinski definition) is 3. The zero-order valence-corrected chi connectivity index (χ0v) is 11.9. The van der Waals surface area contributed by atoms with Crippen LogP contribution in [0.5, 0.6) is 0 Å². The topological polar surface area (TPSA) is 44.4 Å². The number of nitrogens with zero attached hydrogens (tertiary/aromatic N) is 1. The Labute approximate surface area is 114 Å². The van der Waals surface area contributed by atoms with Crippen LogP contribution in [0.4, 0.5) is 0 Å². The van der Waals surface area contributed by atoms with Crippen molar-refractivity contribution in [1.82, 2.24) is 15.5 Å². The monoisotopic (exact) mass is 269 g/mol. The number of thiocarbonyl (C=S) groups is 1. The number of rotatable bonds is 4. The second-order valence-electron chi connectivity index (χ2n) is 5.37. The van der Waals surface area contributed by atoms with Gasteiger partial charge in [-0.3, -0.25) is 4.79 Å². The van der Waals surface area contributed by atoms with Crippen LogP contribution >= 0.6 is 12.2 Å². The molecule has 0 radical (unpaired) electrons. The van der Waals surface area contributed by atoms with Gasteiger partial charge in [0.2, 0.25) is 5.91 Å².